The highest BCUT2D eigenvalue weighted by Crippen LogP contribution is 2.42. The fraction of sp³-hybridized carbons (Fsp3) is 0.982. The van der Waals surface area contributed by atoms with E-state index in [1.54, 1.807) is 0 Å². The predicted octanol–water partition coefficient (Wildman–Crippen LogP) is 18.7. The first kappa shape index (κ1) is 62.8. The number of unbranched alkanes of at least 4 members (excludes halogenated alkanes) is 33. The lowest BCUT2D eigenvalue weighted by Gasteiger charge is -2.47. The summed E-state index contributed by atoms with van der Waals surface area (Å²) in [6.45, 7) is 27.4. The maximum Gasteiger partial charge on any atom is 0.220 e. The van der Waals surface area contributed by atoms with Crippen molar-refractivity contribution in [2.24, 2.45) is 0 Å². The number of carbonyl (C=O) groups excluding carboxylic acids is 1. The van der Waals surface area contributed by atoms with Gasteiger partial charge in [0.25, 0.3) is 0 Å². The van der Waals surface area contributed by atoms with Crippen molar-refractivity contribution in [1.82, 2.24) is 5.32 Å². The van der Waals surface area contributed by atoms with Crippen molar-refractivity contribution in [3.63, 3.8) is 0 Å². The lowest BCUT2D eigenvalue weighted by atomic mass is 9.99. The topological polar surface area (TPSA) is 67.8 Å². The molecule has 0 saturated carbocycles. The molecular formula is C56H117NO4Si2. The number of hydrogen-bond acceptors (Lipinski definition) is 4. The molecule has 0 aromatic rings. The molecule has 5 nitrogen and oxygen atoms in total. The van der Waals surface area contributed by atoms with Gasteiger partial charge in [0.05, 0.1) is 24.9 Å². The van der Waals surface area contributed by atoms with Crippen LogP contribution in [0.4, 0.5) is 0 Å². The molecule has 0 aromatic heterocycles. The maximum atomic E-state index is 13.5. The first-order chi connectivity index (χ1) is 29.9. The van der Waals surface area contributed by atoms with E-state index < -0.39 is 22.7 Å². The van der Waals surface area contributed by atoms with Crippen molar-refractivity contribution < 1.29 is 18.8 Å². The van der Waals surface area contributed by atoms with Gasteiger partial charge in [0.1, 0.15) is 0 Å². The van der Waals surface area contributed by atoms with E-state index in [-0.39, 0.29) is 34.8 Å². The molecule has 0 heterocycles. The normalized spacial score (nSPS) is 14.3. The molecule has 0 aliphatic heterocycles. The third-order valence-corrected chi connectivity index (χ3v) is 24.1. The smallest absolute Gasteiger partial charge is 0.220 e. The summed E-state index contributed by atoms with van der Waals surface area (Å²) in [5, 5.41) is 14.3. The number of aliphatic hydroxyl groups excluding tert-OH is 1. The van der Waals surface area contributed by atoms with Crippen molar-refractivity contribution in [2.45, 2.75) is 347 Å². The first-order valence-corrected chi connectivity index (χ1v) is 34.0. The van der Waals surface area contributed by atoms with Gasteiger partial charge < -0.3 is 19.3 Å². The average Bonchev–Trinajstić information content (AvgIpc) is 3.21. The summed E-state index contributed by atoms with van der Waals surface area (Å²) in [7, 11) is -4.44. The van der Waals surface area contributed by atoms with Gasteiger partial charge in [-0.15, -0.1) is 0 Å². The van der Waals surface area contributed by atoms with Gasteiger partial charge in [-0.3, -0.25) is 4.79 Å². The van der Waals surface area contributed by atoms with Crippen LogP contribution in [0.3, 0.4) is 0 Å². The number of nitrogens with one attached hydrogen (secondary N) is 1. The predicted molar refractivity (Wildman–Crippen MR) is 285 cm³/mol. The molecule has 0 unspecified atom stereocenters. The molecule has 0 bridgehead atoms. The van der Waals surface area contributed by atoms with E-state index in [1.807, 2.05) is 0 Å². The van der Waals surface area contributed by atoms with Gasteiger partial charge in [-0.2, -0.15) is 0 Å². The number of carbonyl (C=O) groups is 1. The summed E-state index contributed by atoms with van der Waals surface area (Å²) in [4.78, 5) is 13.5. The number of amides is 1. The Labute approximate surface area is 399 Å². The second kappa shape index (κ2) is 38.7. The largest absolute Gasteiger partial charge is 0.411 e. The Morgan fingerprint density at radius 1 is 0.444 bits per heavy atom. The number of aliphatic hydroxyl groups is 1. The highest BCUT2D eigenvalue weighted by Gasteiger charge is 2.46. The van der Waals surface area contributed by atoms with Crippen molar-refractivity contribution in [1.29, 1.82) is 0 Å². The van der Waals surface area contributed by atoms with Crippen LogP contribution in [0, 0.1) is 0 Å². The molecule has 63 heavy (non-hydrogen) atoms. The van der Waals surface area contributed by atoms with Crippen LogP contribution in [0.15, 0.2) is 0 Å². The molecule has 0 saturated heterocycles. The summed E-state index contributed by atoms with van der Waals surface area (Å²) in [5.74, 6) is 0.0396. The Morgan fingerprint density at radius 3 is 1.00 bits per heavy atom. The standard InChI is InChI=1S/C56H117NO4Si2/c1-13-15-17-19-21-23-25-27-28-29-30-31-32-33-34-35-36-37-39-41-43-45-47-49-53(59)57-51(50-58)54(61-63(11,12)56(6,7)8)52(60-62(9,10)55(3,4)5)48-46-44-42-40-38-26-24-22-20-18-16-14-2/h51-52,54,58H,13-50H2,1-12H3,(H,57,59)/t51-,52+,54-/m1/s1. The van der Waals surface area contributed by atoms with E-state index in [1.165, 1.54) is 205 Å². The Balaban J connectivity index is 4.81. The minimum atomic E-state index is -2.27. The molecule has 3 atom stereocenters. The van der Waals surface area contributed by atoms with Crippen LogP contribution in [-0.2, 0) is 13.6 Å². The third kappa shape index (κ3) is 33.8. The molecule has 1 amide bonds. The van der Waals surface area contributed by atoms with E-state index >= 15 is 0 Å². The van der Waals surface area contributed by atoms with Gasteiger partial charge >= 0.3 is 0 Å². The van der Waals surface area contributed by atoms with Crippen molar-refractivity contribution in [2.75, 3.05) is 6.61 Å². The monoisotopic (exact) mass is 924 g/mol. The molecule has 0 aliphatic rings. The van der Waals surface area contributed by atoms with Gasteiger partial charge in [0.2, 0.25) is 5.91 Å². The molecule has 7 heteroatoms. The first-order valence-electron chi connectivity index (χ1n) is 28.2. The summed E-state index contributed by atoms with van der Waals surface area (Å²) in [5.41, 5.74) is 0. The van der Waals surface area contributed by atoms with Crippen molar-refractivity contribution in [3.8, 4) is 0 Å². The molecule has 2 N–H and O–H groups in total. The fourth-order valence-corrected chi connectivity index (χ4v) is 11.3. The zero-order chi connectivity index (χ0) is 47.3. The van der Waals surface area contributed by atoms with Crippen molar-refractivity contribution >= 4 is 22.5 Å². The van der Waals surface area contributed by atoms with Gasteiger partial charge in [-0.05, 0) is 49.1 Å². The summed E-state index contributed by atoms with van der Waals surface area (Å²) < 4.78 is 14.5. The van der Waals surface area contributed by atoms with Crippen LogP contribution >= 0.6 is 0 Å². The molecule has 0 rings (SSSR count). The van der Waals surface area contributed by atoms with Crippen molar-refractivity contribution in [3.05, 3.63) is 0 Å². The molecule has 0 aromatic carbocycles. The maximum absolute atomic E-state index is 13.5. The van der Waals surface area contributed by atoms with Gasteiger partial charge in [-0.1, -0.05) is 274 Å². The fourth-order valence-electron chi connectivity index (χ4n) is 8.55. The van der Waals surface area contributed by atoms with Crippen LogP contribution in [-0.4, -0.2) is 52.5 Å². The van der Waals surface area contributed by atoms with Crippen LogP contribution in [0.5, 0.6) is 0 Å². The second-order valence-electron chi connectivity index (χ2n) is 23.3. The Morgan fingerprint density at radius 2 is 0.714 bits per heavy atom. The Hall–Kier alpha value is -0.216. The van der Waals surface area contributed by atoms with E-state index in [2.05, 4.69) is 86.9 Å². The quantitative estimate of drug-likeness (QED) is 0.0472. The van der Waals surface area contributed by atoms with Crippen LogP contribution in [0.1, 0.15) is 293 Å². The SMILES string of the molecule is CCCCCCCCCCCCCCCCCCCCCCCCCC(=O)N[C@H](CO)[C@@H](O[Si](C)(C)C(C)(C)C)[C@H](CCCCCCCCCCCCCC)O[Si](C)(C)C(C)(C)C. The highest BCUT2D eigenvalue weighted by atomic mass is 28.4. The molecule has 378 valence electrons. The Kier molecular flexibility index (Phi) is 38.6. The second-order valence-corrected chi connectivity index (χ2v) is 32.8. The Bertz CT molecular complexity index is 1020. The molecule has 0 fully saturated rings. The van der Waals surface area contributed by atoms with Crippen LogP contribution in [0.2, 0.25) is 36.3 Å². The minimum Gasteiger partial charge on any atom is -0.411 e. The summed E-state index contributed by atoms with van der Waals surface area (Å²) in [6.07, 6.45) is 48.1. The molecule has 0 aliphatic carbocycles. The van der Waals surface area contributed by atoms with Crippen LogP contribution in [0.25, 0.3) is 0 Å². The molecule has 0 spiro atoms. The van der Waals surface area contributed by atoms with E-state index in [9.17, 15) is 9.90 Å². The molecular weight excluding hydrogens is 807 g/mol. The van der Waals surface area contributed by atoms with E-state index in [0.29, 0.717) is 6.42 Å². The summed E-state index contributed by atoms with van der Waals surface area (Å²) in [6, 6.07) is -0.483. The van der Waals surface area contributed by atoms with Gasteiger partial charge in [0.15, 0.2) is 16.6 Å². The van der Waals surface area contributed by atoms with Crippen LogP contribution < -0.4 is 5.32 Å². The third-order valence-electron chi connectivity index (χ3n) is 15.1. The van der Waals surface area contributed by atoms with Gasteiger partial charge in [-0.25, -0.2) is 0 Å². The number of rotatable bonds is 45. The molecule has 0 radical (unpaired) electrons. The highest BCUT2D eigenvalue weighted by molar-refractivity contribution is 6.74. The lowest BCUT2D eigenvalue weighted by Crippen LogP contribution is -2.59. The zero-order valence-electron chi connectivity index (χ0n) is 45.3. The van der Waals surface area contributed by atoms with E-state index in [4.69, 9.17) is 8.85 Å². The summed E-state index contributed by atoms with van der Waals surface area (Å²) >= 11 is 0. The zero-order valence-corrected chi connectivity index (χ0v) is 47.3. The average molecular weight is 925 g/mol. The number of hydrogen-bond donors (Lipinski definition) is 2. The van der Waals surface area contributed by atoms with Gasteiger partial charge in [0, 0.05) is 6.42 Å². The van der Waals surface area contributed by atoms with E-state index in [0.717, 1.165) is 25.7 Å². The minimum absolute atomic E-state index is 0.00146. The lowest BCUT2D eigenvalue weighted by molar-refractivity contribution is -0.124.